The van der Waals surface area contributed by atoms with Gasteiger partial charge >= 0.3 is 0 Å². The monoisotopic (exact) mass is 692 g/mol. The van der Waals surface area contributed by atoms with Crippen LogP contribution in [0.4, 0.5) is 22.7 Å². The van der Waals surface area contributed by atoms with Crippen LogP contribution in [0.15, 0.2) is 72.8 Å². The number of benzene rings is 3. The third kappa shape index (κ3) is 8.12. The van der Waals surface area contributed by atoms with Gasteiger partial charge in [0.1, 0.15) is 0 Å². The Kier molecular flexibility index (Phi) is 11.4. The van der Waals surface area contributed by atoms with Gasteiger partial charge in [0.2, 0.25) is 23.6 Å². The van der Waals surface area contributed by atoms with Crippen LogP contribution in [-0.4, -0.2) is 48.3 Å². The lowest BCUT2D eigenvalue weighted by molar-refractivity contribution is -0.128. The number of hydrogen-bond donors (Lipinski definition) is 4. The minimum Gasteiger partial charge on any atom is -0.378 e. The smallest absolute Gasteiger partial charge is 0.243 e. The molecule has 51 heavy (non-hydrogen) atoms. The summed E-state index contributed by atoms with van der Waals surface area (Å²) in [5, 5.41) is 13.2. The molecule has 10 nitrogen and oxygen atoms in total. The zero-order chi connectivity index (χ0) is 36.1. The van der Waals surface area contributed by atoms with Crippen LogP contribution < -0.4 is 31.1 Å². The summed E-state index contributed by atoms with van der Waals surface area (Å²) in [7, 11) is 0. The van der Waals surface area contributed by atoms with Gasteiger partial charge in [-0.2, -0.15) is 0 Å². The molecule has 0 saturated heterocycles. The molecule has 1 fully saturated rings. The molecule has 3 aromatic carbocycles. The maximum absolute atomic E-state index is 13.0. The van der Waals surface area contributed by atoms with Gasteiger partial charge in [-0.3, -0.25) is 19.2 Å². The van der Waals surface area contributed by atoms with Gasteiger partial charge in [-0.1, -0.05) is 50.2 Å². The van der Waals surface area contributed by atoms with E-state index < -0.39 is 0 Å². The van der Waals surface area contributed by atoms with Gasteiger partial charge in [0.25, 0.3) is 0 Å². The molecule has 6 rings (SSSR count). The highest BCUT2D eigenvalue weighted by Gasteiger charge is 2.36. The highest BCUT2D eigenvalue weighted by molar-refractivity contribution is 5.96. The van der Waals surface area contributed by atoms with E-state index in [1.54, 1.807) is 0 Å². The molecule has 4 N–H and O–H groups in total. The van der Waals surface area contributed by atoms with Crippen molar-refractivity contribution in [1.29, 1.82) is 0 Å². The summed E-state index contributed by atoms with van der Waals surface area (Å²) >= 11 is 0. The van der Waals surface area contributed by atoms with Gasteiger partial charge in [-0.05, 0) is 99.9 Å². The van der Waals surface area contributed by atoms with Gasteiger partial charge in [0, 0.05) is 65.7 Å². The second-order valence-corrected chi connectivity index (χ2v) is 14.3. The van der Waals surface area contributed by atoms with E-state index in [2.05, 4.69) is 47.2 Å². The maximum atomic E-state index is 13.0. The van der Waals surface area contributed by atoms with Crippen molar-refractivity contribution < 1.29 is 19.2 Å². The summed E-state index contributed by atoms with van der Waals surface area (Å²) < 4.78 is 0. The van der Waals surface area contributed by atoms with E-state index in [9.17, 15) is 19.2 Å². The first-order chi connectivity index (χ1) is 24.7. The molecule has 3 aromatic rings. The van der Waals surface area contributed by atoms with Gasteiger partial charge < -0.3 is 31.1 Å². The lowest BCUT2D eigenvalue weighted by Gasteiger charge is -2.41. The lowest BCUT2D eigenvalue weighted by atomic mass is 9.83. The predicted molar refractivity (Wildman–Crippen MR) is 203 cm³/mol. The van der Waals surface area contributed by atoms with Crippen molar-refractivity contribution in [2.45, 2.75) is 109 Å². The maximum Gasteiger partial charge on any atom is 0.243 e. The Morgan fingerprint density at radius 1 is 0.667 bits per heavy atom. The summed E-state index contributed by atoms with van der Waals surface area (Å²) in [6.07, 6.45) is 5.89. The number of carbonyl (C=O) groups is 4. The Morgan fingerprint density at radius 3 is 1.75 bits per heavy atom. The van der Waals surface area contributed by atoms with Gasteiger partial charge in [-0.25, -0.2) is 0 Å². The first-order valence-corrected chi connectivity index (χ1v) is 18.7. The van der Waals surface area contributed by atoms with Gasteiger partial charge in [0.15, 0.2) is 0 Å². The largest absolute Gasteiger partial charge is 0.378 e. The number of rotatable bonds is 10. The first kappa shape index (κ1) is 36.1. The Balaban J connectivity index is 0.951. The molecular weight excluding hydrogens is 640 g/mol. The molecule has 1 aliphatic carbocycles. The lowest BCUT2D eigenvalue weighted by Crippen LogP contribution is -2.47. The van der Waals surface area contributed by atoms with Crippen LogP contribution in [0.5, 0.6) is 0 Å². The van der Waals surface area contributed by atoms with E-state index in [-0.39, 0.29) is 60.3 Å². The topological polar surface area (TPSA) is 123 Å². The molecule has 0 spiro atoms. The normalized spacial score (nSPS) is 24.2. The van der Waals surface area contributed by atoms with E-state index >= 15 is 0 Å². The SMILES string of the molecule is CCC(=O)N1c2ccccc2[C@H](Nc2ccc(NC(=O)CNC(=O)C3CCC(N[C@@H]4C[C@H](C)N(C(=O)CC)c5ccccc54)CC3)cc2)C[C@@H]1C. The Bertz CT molecular complexity index is 1720. The zero-order valence-corrected chi connectivity index (χ0v) is 30.3. The Morgan fingerprint density at radius 2 is 1.18 bits per heavy atom. The average Bonchev–Trinajstić information content (AvgIpc) is 3.14. The highest BCUT2D eigenvalue weighted by atomic mass is 16.2. The summed E-state index contributed by atoms with van der Waals surface area (Å²) in [4.78, 5) is 55.0. The van der Waals surface area contributed by atoms with E-state index in [1.165, 1.54) is 0 Å². The molecule has 2 aliphatic heterocycles. The fourth-order valence-corrected chi connectivity index (χ4v) is 8.20. The fourth-order valence-electron chi connectivity index (χ4n) is 8.20. The number of fused-ring (bicyclic) bond motifs is 2. The van der Waals surface area contributed by atoms with Crippen molar-refractivity contribution in [1.82, 2.24) is 10.6 Å². The Labute approximate surface area is 301 Å². The number of nitrogens with zero attached hydrogens (tertiary/aromatic N) is 2. The van der Waals surface area contributed by atoms with Crippen LogP contribution in [0.25, 0.3) is 0 Å². The van der Waals surface area contributed by atoms with Crippen LogP contribution >= 0.6 is 0 Å². The summed E-state index contributed by atoms with van der Waals surface area (Å²) in [5.41, 5.74) is 5.79. The van der Waals surface area contributed by atoms with Gasteiger partial charge in [0.05, 0.1) is 12.6 Å². The molecule has 2 heterocycles. The highest BCUT2D eigenvalue weighted by Crippen LogP contribution is 2.40. The molecule has 10 heteroatoms. The van der Waals surface area contributed by atoms with Crippen molar-refractivity contribution in [2.75, 3.05) is 27.0 Å². The number of amides is 4. The third-order valence-electron chi connectivity index (χ3n) is 10.8. The van der Waals surface area contributed by atoms with Crippen molar-refractivity contribution in [3.63, 3.8) is 0 Å². The second-order valence-electron chi connectivity index (χ2n) is 14.3. The standard InChI is InChI=1S/C41H52N6O4/c1-5-39(49)46-26(3)23-34(32-11-7-9-13-36(32)46)43-29-17-15-28(16-18-29)41(51)42-25-38(48)45-31-21-19-30(20-22-31)44-35-24-27(4)47(40(50)6-2)37-14-10-8-12-33(35)37/h7-14,19-22,26-29,34-35,43-44H,5-6,15-18,23-25H2,1-4H3,(H,42,51)(H,45,48)/t26-,27-,28?,29?,34+,35+/m0/s1. The summed E-state index contributed by atoms with van der Waals surface area (Å²) in [6, 6.07) is 24.5. The summed E-state index contributed by atoms with van der Waals surface area (Å²) in [6.45, 7) is 7.93. The van der Waals surface area contributed by atoms with Crippen molar-refractivity contribution >= 4 is 46.4 Å². The molecule has 0 unspecified atom stereocenters. The molecule has 1 saturated carbocycles. The number of hydrogen-bond acceptors (Lipinski definition) is 6. The molecule has 0 radical (unpaired) electrons. The van der Waals surface area contributed by atoms with Crippen LogP contribution in [0.1, 0.15) is 102 Å². The van der Waals surface area contributed by atoms with Crippen molar-refractivity contribution in [3.05, 3.63) is 83.9 Å². The minimum atomic E-state index is -0.268. The number of para-hydroxylation sites is 2. The number of nitrogens with one attached hydrogen (secondary N) is 4. The van der Waals surface area contributed by atoms with Crippen molar-refractivity contribution in [3.8, 4) is 0 Å². The predicted octanol–water partition coefficient (Wildman–Crippen LogP) is 6.85. The van der Waals surface area contributed by atoms with Crippen LogP contribution in [0, 0.1) is 5.92 Å². The number of anilines is 4. The molecule has 0 aromatic heterocycles. The van der Waals surface area contributed by atoms with E-state index in [1.807, 2.05) is 84.3 Å². The van der Waals surface area contributed by atoms with Crippen LogP contribution in [0.3, 0.4) is 0 Å². The van der Waals surface area contributed by atoms with E-state index in [4.69, 9.17) is 0 Å². The Hall–Kier alpha value is -4.70. The molecule has 4 atom stereocenters. The quantitative estimate of drug-likeness (QED) is 0.184. The van der Waals surface area contributed by atoms with Gasteiger partial charge in [-0.15, -0.1) is 0 Å². The van der Waals surface area contributed by atoms with Crippen molar-refractivity contribution in [2.24, 2.45) is 5.92 Å². The van der Waals surface area contributed by atoms with Crippen LogP contribution in [0.2, 0.25) is 0 Å². The zero-order valence-electron chi connectivity index (χ0n) is 30.3. The summed E-state index contributed by atoms with van der Waals surface area (Å²) in [5.74, 6) is -0.182. The molecular formula is C41H52N6O4. The molecule has 3 aliphatic rings. The molecule has 4 amide bonds. The average molecular weight is 693 g/mol. The third-order valence-corrected chi connectivity index (χ3v) is 10.8. The van der Waals surface area contributed by atoms with Crippen LogP contribution in [-0.2, 0) is 19.2 Å². The van der Waals surface area contributed by atoms with E-state index in [0.29, 0.717) is 24.6 Å². The second kappa shape index (κ2) is 16.1. The minimum absolute atomic E-state index is 0.0507. The number of carbonyl (C=O) groups excluding carboxylic acids is 4. The van der Waals surface area contributed by atoms with E-state index in [0.717, 1.165) is 66.7 Å². The first-order valence-electron chi connectivity index (χ1n) is 18.7. The fraction of sp³-hybridized carbons (Fsp3) is 0.463. The molecule has 0 bridgehead atoms. The molecule has 270 valence electrons.